The Morgan fingerprint density at radius 3 is 2.00 bits per heavy atom. The quantitative estimate of drug-likeness (QED) is 0.873. The molecule has 0 bridgehead atoms. The molecule has 0 radical (unpaired) electrons. The van der Waals surface area contributed by atoms with Crippen LogP contribution in [0, 0.1) is 0 Å². The van der Waals surface area contributed by atoms with Crippen LogP contribution in [0.25, 0.3) is 11.1 Å². The maximum absolute atomic E-state index is 10.9. The van der Waals surface area contributed by atoms with Gasteiger partial charge in [0, 0.05) is 6.54 Å². The van der Waals surface area contributed by atoms with Crippen molar-refractivity contribution in [3.8, 4) is 16.9 Å². The molecule has 2 aromatic rings. The predicted octanol–water partition coefficient (Wildman–Crippen LogP) is 2.06. The van der Waals surface area contributed by atoms with E-state index in [1.54, 1.807) is 6.92 Å². The molecule has 0 fully saturated rings. The minimum absolute atomic E-state index is 0.480. The van der Waals surface area contributed by atoms with E-state index in [4.69, 9.17) is 16.2 Å². The van der Waals surface area contributed by atoms with E-state index in [1.807, 2.05) is 48.5 Å². The first-order chi connectivity index (χ1) is 9.60. The highest BCUT2D eigenvalue weighted by Crippen LogP contribution is 2.23. The highest BCUT2D eigenvalue weighted by Gasteiger charge is 2.09. The van der Waals surface area contributed by atoms with Gasteiger partial charge in [-0.1, -0.05) is 36.4 Å². The highest BCUT2D eigenvalue weighted by molar-refractivity contribution is 5.78. The van der Waals surface area contributed by atoms with Crippen molar-refractivity contribution in [3.05, 3.63) is 54.1 Å². The van der Waals surface area contributed by atoms with E-state index in [0.717, 1.165) is 16.7 Å². The fourth-order valence-electron chi connectivity index (χ4n) is 1.82. The summed E-state index contributed by atoms with van der Waals surface area (Å²) < 4.78 is 5.41. The largest absolute Gasteiger partial charge is 0.481 e. The molecule has 4 heteroatoms. The molecule has 104 valence electrons. The van der Waals surface area contributed by atoms with Crippen molar-refractivity contribution < 1.29 is 9.53 Å². The number of primary amides is 1. The van der Waals surface area contributed by atoms with Crippen LogP contribution in [0.4, 0.5) is 0 Å². The number of rotatable bonds is 5. The van der Waals surface area contributed by atoms with Gasteiger partial charge in [-0.15, -0.1) is 0 Å². The summed E-state index contributed by atoms with van der Waals surface area (Å²) in [5.74, 6) is 0.144. The zero-order valence-electron chi connectivity index (χ0n) is 11.4. The van der Waals surface area contributed by atoms with Crippen LogP contribution < -0.4 is 16.2 Å². The Bertz CT molecular complexity index is 576. The summed E-state index contributed by atoms with van der Waals surface area (Å²) in [5, 5.41) is 0. The fraction of sp³-hybridized carbons (Fsp3) is 0.188. The number of amides is 1. The molecule has 0 aliphatic rings. The average molecular weight is 270 g/mol. The maximum atomic E-state index is 10.9. The van der Waals surface area contributed by atoms with Crippen LogP contribution in [-0.2, 0) is 11.3 Å². The Morgan fingerprint density at radius 2 is 1.55 bits per heavy atom. The molecule has 4 nitrogen and oxygen atoms in total. The Balaban J connectivity index is 2.12. The molecule has 0 saturated carbocycles. The Labute approximate surface area is 118 Å². The molecule has 0 heterocycles. The summed E-state index contributed by atoms with van der Waals surface area (Å²) in [6.07, 6.45) is -0.635. The van der Waals surface area contributed by atoms with Crippen molar-refractivity contribution in [2.45, 2.75) is 19.6 Å². The third-order valence-corrected chi connectivity index (χ3v) is 3.09. The van der Waals surface area contributed by atoms with Crippen LogP contribution >= 0.6 is 0 Å². The molecular weight excluding hydrogens is 252 g/mol. The first-order valence-electron chi connectivity index (χ1n) is 6.45. The van der Waals surface area contributed by atoms with Gasteiger partial charge in [0.2, 0.25) is 0 Å². The number of benzene rings is 2. The summed E-state index contributed by atoms with van der Waals surface area (Å²) in [6, 6.07) is 15.6. The lowest BCUT2D eigenvalue weighted by molar-refractivity contribution is -0.123. The van der Waals surface area contributed by atoms with E-state index in [2.05, 4.69) is 0 Å². The minimum Gasteiger partial charge on any atom is -0.481 e. The van der Waals surface area contributed by atoms with Gasteiger partial charge in [0.25, 0.3) is 5.91 Å². The zero-order chi connectivity index (χ0) is 14.5. The normalized spacial score (nSPS) is 11.9. The second-order valence-electron chi connectivity index (χ2n) is 4.59. The number of ether oxygens (including phenoxy) is 1. The predicted molar refractivity (Wildman–Crippen MR) is 79.1 cm³/mol. The number of nitrogens with two attached hydrogens (primary N) is 2. The van der Waals surface area contributed by atoms with Crippen LogP contribution in [0.2, 0.25) is 0 Å². The monoisotopic (exact) mass is 270 g/mol. The highest BCUT2D eigenvalue weighted by atomic mass is 16.5. The molecule has 2 aromatic carbocycles. The van der Waals surface area contributed by atoms with Crippen molar-refractivity contribution in [1.82, 2.24) is 0 Å². The van der Waals surface area contributed by atoms with E-state index in [1.165, 1.54) is 0 Å². The molecule has 1 unspecified atom stereocenters. The van der Waals surface area contributed by atoms with Crippen LogP contribution in [0.3, 0.4) is 0 Å². The molecule has 1 atom stereocenters. The van der Waals surface area contributed by atoms with Crippen LogP contribution in [-0.4, -0.2) is 12.0 Å². The first kappa shape index (κ1) is 14.1. The molecule has 0 aliphatic heterocycles. The molecule has 4 N–H and O–H groups in total. The summed E-state index contributed by atoms with van der Waals surface area (Å²) in [6.45, 7) is 2.17. The summed E-state index contributed by atoms with van der Waals surface area (Å²) in [5.41, 5.74) is 14.0. The lowest BCUT2D eigenvalue weighted by Crippen LogP contribution is -2.30. The van der Waals surface area contributed by atoms with Gasteiger partial charge in [-0.2, -0.15) is 0 Å². The van der Waals surface area contributed by atoms with E-state index in [0.29, 0.717) is 12.3 Å². The lowest BCUT2D eigenvalue weighted by atomic mass is 10.0. The average Bonchev–Trinajstić information content (AvgIpc) is 2.48. The van der Waals surface area contributed by atoms with E-state index in [9.17, 15) is 4.79 Å². The Hall–Kier alpha value is -2.33. The molecule has 0 spiro atoms. The van der Waals surface area contributed by atoms with Gasteiger partial charge < -0.3 is 16.2 Å². The van der Waals surface area contributed by atoms with Crippen molar-refractivity contribution in [1.29, 1.82) is 0 Å². The Kier molecular flexibility index (Phi) is 4.38. The van der Waals surface area contributed by atoms with Gasteiger partial charge in [0.15, 0.2) is 6.10 Å². The molecule has 0 aliphatic carbocycles. The van der Waals surface area contributed by atoms with Crippen molar-refractivity contribution in [3.63, 3.8) is 0 Å². The molecule has 0 saturated heterocycles. The van der Waals surface area contributed by atoms with Crippen LogP contribution in [0.5, 0.6) is 5.75 Å². The van der Waals surface area contributed by atoms with Gasteiger partial charge in [-0.3, -0.25) is 4.79 Å². The van der Waals surface area contributed by atoms with Crippen LogP contribution in [0.1, 0.15) is 12.5 Å². The van der Waals surface area contributed by atoms with Gasteiger partial charge >= 0.3 is 0 Å². The fourth-order valence-corrected chi connectivity index (χ4v) is 1.82. The molecule has 0 aromatic heterocycles. The van der Waals surface area contributed by atoms with Crippen molar-refractivity contribution in [2.24, 2.45) is 11.5 Å². The van der Waals surface area contributed by atoms with E-state index in [-0.39, 0.29) is 0 Å². The second kappa shape index (κ2) is 6.21. The molecular formula is C16H18N2O2. The SMILES string of the molecule is CC(Oc1ccc(-c2ccc(CN)cc2)cc1)C(N)=O. The number of carbonyl (C=O) groups is 1. The maximum Gasteiger partial charge on any atom is 0.258 e. The molecule has 2 rings (SSSR count). The third kappa shape index (κ3) is 3.36. The van der Waals surface area contributed by atoms with E-state index >= 15 is 0 Å². The van der Waals surface area contributed by atoms with Gasteiger partial charge in [0.05, 0.1) is 0 Å². The minimum atomic E-state index is -0.635. The van der Waals surface area contributed by atoms with E-state index < -0.39 is 12.0 Å². The van der Waals surface area contributed by atoms with Gasteiger partial charge in [0.1, 0.15) is 5.75 Å². The topological polar surface area (TPSA) is 78.3 Å². The summed E-state index contributed by atoms with van der Waals surface area (Å²) in [4.78, 5) is 10.9. The van der Waals surface area contributed by atoms with Crippen molar-refractivity contribution in [2.75, 3.05) is 0 Å². The second-order valence-corrected chi connectivity index (χ2v) is 4.59. The van der Waals surface area contributed by atoms with Crippen molar-refractivity contribution >= 4 is 5.91 Å². The zero-order valence-corrected chi connectivity index (χ0v) is 11.4. The molecule has 1 amide bonds. The number of hydrogen-bond acceptors (Lipinski definition) is 3. The van der Waals surface area contributed by atoms with Crippen LogP contribution in [0.15, 0.2) is 48.5 Å². The Morgan fingerprint density at radius 1 is 1.05 bits per heavy atom. The number of carbonyl (C=O) groups excluding carboxylic acids is 1. The standard InChI is InChI=1S/C16H18N2O2/c1-11(16(18)19)20-15-8-6-14(7-9-15)13-4-2-12(10-17)3-5-13/h2-9,11H,10,17H2,1H3,(H2,18,19). The molecule has 20 heavy (non-hydrogen) atoms. The lowest BCUT2D eigenvalue weighted by Gasteiger charge is -2.11. The number of hydrogen-bond donors (Lipinski definition) is 2. The summed E-state index contributed by atoms with van der Waals surface area (Å²) in [7, 11) is 0. The first-order valence-corrected chi connectivity index (χ1v) is 6.45. The van der Waals surface area contributed by atoms with Gasteiger partial charge in [-0.25, -0.2) is 0 Å². The third-order valence-electron chi connectivity index (χ3n) is 3.09. The van der Waals surface area contributed by atoms with Gasteiger partial charge in [-0.05, 0) is 35.7 Å². The smallest absolute Gasteiger partial charge is 0.258 e. The summed E-state index contributed by atoms with van der Waals surface area (Å²) >= 11 is 0.